The molecule has 3 rings (SSSR count). The van der Waals surface area contributed by atoms with Crippen LogP contribution in [-0.2, 0) is 11.3 Å². The van der Waals surface area contributed by atoms with Gasteiger partial charge in [-0.25, -0.2) is 9.97 Å². The molecule has 5 heteroatoms. The number of carbonyl (C=O) groups excluding carboxylic acids is 1. The van der Waals surface area contributed by atoms with Crippen LogP contribution in [0.15, 0.2) is 42.7 Å². The van der Waals surface area contributed by atoms with Crippen LogP contribution in [0.4, 0.5) is 5.95 Å². The first-order valence-electron chi connectivity index (χ1n) is 8.46. The molecule has 1 aromatic heterocycles. The zero-order valence-corrected chi connectivity index (χ0v) is 14.4. The molecule has 5 nitrogen and oxygen atoms in total. The summed E-state index contributed by atoms with van der Waals surface area (Å²) in [5.74, 6) is 0.937. The molecule has 0 radical (unpaired) electrons. The Morgan fingerprint density at radius 3 is 2.75 bits per heavy atom. The van der Waals surface area contributed by atoms with Crippen molar-refractivity contribution < 1.29 is 4.79 Å². The van der Waals surface area contributed by atoms with E-state index in [4.69, 9.17) is 0 Å². The van der Waals surface area contributed by atoms with Crippen LogP contribution >= 0.6 is 0 Å². The molecule has 2 heterocycles. The molecule has 1 unspecified atom stereocenters. The lowest BCUT2D eigenvalue weighted by atomic mass is 9.96. The van der Waals surface area contributed by atoms with E-state index in [0.717, 1.165) is 25.3 Å². The molecule has 1 aliphatic heterocycles. The van der Waals surface area contributed by atoms with E-state index in [9.17, 15) is 4.79 Å². The average Bonchev–Trinajstić information content (AvgIpc) is 2.64. The van der Waals surface area contributed by atoms with Crippen molar-refractivity contribution >= 4 is 11.9 Å². The van der Waals surface area contributed by atoms with E-state index in [0.29, 0.717) is 13.1 Å². The van der Waals surface area contributed by atoms with Gasteiger partial charge in [0.05, 0.1) is 5.92 Å². The minimum Gasteiger partial charge on any atom is -0.341 e. The Labute approximate surface area is 143 Å². The van der Waals surface area contributed by atoms with Crippen LogP contribution in [0.25, 0.3) is 0 Å². The quantitative estimate of drug-likeness (QED) is 0.867. The van der Waals surface area contributed by atoms with Gasteiger partial charge in [0.1, 0.15) is 0 Å². The van der Waals surface area contributed by atoms with Crippen molar-refractivity contribution in [3.63, 3.8) is 0 Å². The molecule has 0 bridgehead atoms. The van der Waals surface area contributed by atoms with Crippen LogP contribution in [0.1, 0.15) is 24.0 Å². The van der Waals surface area contributed by atoms with Crippen LogP contribution in [0.5, 0.6) is 0 Å². The number of hydrogen-bond donors (Lipinski definition) is 0. The van der Waals surface area contributed by atoms with Gasteiger partial charge in [-0.1, -0.05) is 24.3 Å². The van der Waals surface area contributed by atoms with E-state index < -0.39 is 0 Å². The van der Waals surface area contributed by atoms with E-state index in [1.165, 1.54) is 11.1 Å². The Morgan fingerprint density at radius 1 is 1.25 bits per heavy atom. The first-order chi connectivity index (χ1) is 11.6. The van der Waals surface area contributed by atoms with Gasteiger partial charge < -0.3 is 9.80 Å². The third kappa shape index (κ3) is 3.72. The van der Waals surface area contributed by atoms with Crippen molar-refractivity contribution in [3.05, 3.63) is 53.9 Å². The molecule has 0 N–H and O–H groups in total. The molecule has 1 aliphatic rings. The van der Waals surface area contributed by atoms with Gasteiger partial charge in [-0.15, -0.1) is 0 Å². The van der Waals surface area contributed by atoms with Crippen molar-refractivity contribution in [2.24, 2.45) is 5.92 Å². The first kappa shape index (κ1) is 16.4. The predicted octanol–water partition coefficient (Wildman–Crippen LogP) is 2.66. The van der Waals surface area contributed by atoms with Crippen molar-refractivity contribution in [3.8, 4) is 0 Å². The molecule has 1 amide bonds. The smallest absolute Gasteiger partial charge is 0.227 e. The predicted molar refractivity (Wildman–Crippen MR) is 94.6 cm³/mol. The molecule has 1 fully saturated rings. The fourth-order valence-electron chi connectivity index (χ4n) is 3.25. The number of piperidine rings is 1. The fraction of sp³-hybridized carbons (Fsp3) is 0.421. The second kappa shape index (κ2) is 7.43. The van der Waals surface area contributed by atoms with Crippen molar-refractivity contribution in [2.75, 3.05) is 25.0 Å². The lowest BCUT2D eigenvalue weighted by Gasteiger charge is -2.34. The summed E-state index contributed by atoms with van der Waals surface area (Å²) in [6, 6.07) is 10.0. The van der Waals surface area contributed by atoms with Crippen molar-refractivity contribution in [1.82, 2.24) is 14.9 Å². The minimum atomic E-state index is 0.0107. The Bertz CT molecular complexity index is 689. The zero-order chi connectivity index (χ0) is 16.9. The zero-order valence-electron chi connectivity index (χ0n) is 14.4. The van der Waals surface area contributed by atoms with Gasteiger partial charge in [-0.2, -0.15) is 0 Å². The molecule has 1 saturated heterocycles. The molecule has 1 atom stereocenters. The van der Waals surface area contributed by atoms with Crippen LogP contribution in [0.3, 0.4) is 0 Å². The van der Waals surface area contributed by atoms with Gasteiger partial charge in [0, 0.05) is 39.1 Å². The number of hydrogen-bond acceptors (Lipinski definition) is 4. The lowest BCUT2D eigenvalue weighted by molar-refractivity contribution is -0.135. The number of aromatic nitrogens is 2. The number of amides is 1. The second-order valence-electron chi connectivity index (χ2n) is 6.45. The van der Waals surface area contributed by atoms with E-state index in [1.54, 1.807) is 12.4 Å². The highest BCUT2D eigenvalue weighted by molar-refractivity contribution is 5.79. The maximum absolute atomic E-state index is 12.8. The first-order valence-corrected chi connectivity index (χ1v) is 8.46. The van der Waals surface area contributed by atoms with E-state index in [-0.39, 0.29) is 11.8 Å². The Balaban J connectivity index is 1.65. The number of anilines is 1. The second-order valence-corrected chi connectivity index (χ2v) is 6.45. The summed E-state index contributed by atoms with van der Waals surface area (Å²) in [5, 5.41) is 0. The maximum atomic E-state index is 12.8. The highest BCUT2D eigenvalue weighted by atomic mass is 16.2. The van der Waals surface area contributed by atoms with E-state index >= 15 is 0 Å². The van der Waals surface area contributed by atoms with Gasteiger partial charge in [0.15, 0.2) is 0 Å². The molecule has 24 heavy (non-hydrogen) atoms. The summed E-state index contributed by atoms with van der Waals surface area (Å²) in [6.45, 7) is 4.35. The third-order valence-corrected chi connectivity index (χ3v) is 4.65. The van der Waals surface area contributed by atoms with Gasteiger partial charge in [-0.05, 0) is 37.0 Å². The number of nitrogens with zero attached hydrogens (tertiary/aromatic N) is 4. The number of aryl methyl sites for hydroxylation is 1. The molecule has 0 saturated carbocycles. The topological polar surface area (TPSA) is 49.3 Å². The third-order valence-electron chi connectivity index (χ3n) is 4.65. The molecular formula is C19H24N4O. The molecule has 1 aromatic carbocycles. The molecule has 0 aliphatic carbocycles. The minimum absolute atomic E-state index is 0.0107. The SMILES string of the molecule is Cc1ccccc1CN(C)C(=O)C1CCCN(c2ncccn2)C1. The summed E-state index contributed by atoms with van der Waals surface area (Å²) in [7, 11) is 1.90. The molecule has 0 spiro atoms. The Kier molecular flexibility index (Phi) is 5.08. The van der Waals surface area contributed by atoms with Crippen LogP contribution in [-0.4, -0.2) is 40.9 Å². The van der Waals surface area contributed by atoms with Gasteiger partial charge in [0.25, 0.3) is 0 Å². The normalized spacial score (nSPS) is 17.6. The fourth-order valence-corrected chi connectivity index (χ4v) is 3.25. The van der Waals surface area contributed by atoms with Crippen molar-refractivity contribution in [1.29, 1.82) is 0 Å². The van der Waals surface area contributed by atoms with Gasteiger partial charge in [-0.3, -0.25) is 4.79 Å². The summed E-state index contributed by atoms with van der Waals surface area (Å²) in [5.41, 5.74) is 2.42. The summed E-state index contributed by atoms with van der Waals surface area (Å²) in [4.78, 5) is 25.4. The molecular weight excluding hydrogens is 300 g/mol. The average molecular weight is 324 g/mol. The highest BCUT2D eigenvalue weighted by Crippen LogP contribution is 2.22. The number of carbonyl (C=O) groups is 1. The lowest BCUT2D eigenvalue weighted by Crippen LogP contribution is -2.44. The highest BCUT2D eigenvalue weighted by Gasteiger charge is 2.29. The largest absolute Gasteiger partial charge is 0.341 e. The summed E-state index contributed by atoms with van der Waals surface area (Å²) < 4.78 is 0. The number of rotatable bonds is 4. The summed E-state index contributed by atoms with van der Waals surface area (Å²) >= 11 is 0. The Morgan fingerprint density at radius 2 is 2.00 bits per heavy atom. The van der Waals surface area contributed by atoms with E-state index in [2.05, 4.69) is 33.9 Å². The number of benzene rings is 1. The molecule has 2 aromatic rings. The standard InChI is InChI=1S/C19H24N4O/c1-15-7-3-4-8-16(15)13-22(2)18(24)17-9-5-12-23(14-17)19-20-10-6-11-21-19/h3-4,6-8,10-11,17H,5,9,12-14H2,1-2H3. The van der Waals surface area contributed by atoms with Crippen LogP contribution < -0.4 is 4.90 Å². The Hall–Kier alpha value is -2.43. The van der Waals surface area contributed by atoms with Gasteiger partial charge >= 0.3 is 0 Å². The van der Waals surface area contributed by atoms with Crippen LogP contribution in [0, 0.1) is 12.8 Å². The monoisotopic (exact) mass is 324 g/mol. The molecule has 126 valence electrons. The van der Waals surface area contributed by atoms with Crippen molar-refractivity contribution in [2.45, 2.75) is 26.3 Å². The summed E-state index contributed by atoms with van der Waals surface area (Å²) in [6.07, 6.45) is 5.42. The van der Waals surface area contributed by atoms with E-state index in [1.807, 2.05) is 30.1 Å². The van der Waals surface area contributed by atoms with Crippen LogP contribution in [0.2, 0.25) is 0 Å². The maximum Gasteiger partial charge on any atom is 0.227 e. The van der Waals surface area contributed by atoms with Gasteiger partial charge in [0.2, 0.25) is 11.9 Å².